The molecule has 0 radical (unpaired) electrons. The number of aryl methyl sites for hydroxylation is 1. The summed E-state index contributed by atoms with van der Waals surface area (Å²) in [6.45, 7) is 0. The van der Waals surface area contributed by atoms with Gasteiger partial charge in [-0.15, -0.1) is 0 Å². The Morgan fingerprint density at radius 3 is 2.42 bits per heavy atom. The van der Waals surface area contributed by atoms with Crippen molar-refractivity contribution in [3.8, 4) is 0 Å². The number of H-pyrrole nitrogens is 2. The summed E-state index contributed by atoms with van der Waals surface area (Å²) < 4.78 is 25.6. The van der Waals surface area contributed by atoms with E-state index in [1.807, 2.05) is 0 Å². The van der Waals surface area contributed by atoms with Crippen LogP contribution in [0.25, 0.3) is 11.0 Å². The second-order valence-corrected chi connectivity index (χ2v) is 7.63. The van der Waals surface area contributed by atoms with Crippen molar-refractivity contribution in [3.63, 3.8) is 0 Å². The lowest BCUT2D eigenvalue weighted by Gasteiger charge is -2.07. The SMILES string of the molecule is CNS(=O)(=O)c1ccc(CCC(=O)Nc2ccc3[nH]c(=O)[nH]c3c2)cc1. The number of amides is 1. The fourth-order valence-corrected chi connectivity index (χ4v) is 3.27. The predicted octanol–water partition coefficient (Wildman–Crippen LogP) is 1.34. The number of imidazole rings is 1. The molecule has 4 N–H and O–H groups in total. The van der Waals surface area contributed by atoms with Crippen LogP contribution >= 0.6 is 0 Å². The van der Waals surface area contributed by atoms with E-state index in [0.717, 1.165) is 5.56 Å². The van der Waals surface area contributed by atoms with Gasteiger partial charge in [-0.05, 0) is 49.4 Å². The van der Waals surface area contributed by atoms with E-state index in [-0.39, 0.29) is 22.9 Å². The average molecular weight is 374 g/mol. The van der Waals surface area contributed by atoms with E-state index in [1.165, 1.54) is 19.2 Å². The summed E-state index contributed by atoms with van der Waals surface area (Å²) in [7, 11) is -2.11. The van der Waals surface area contributed by atoms with Gasteiger partial charge in [-0.3, -0.25) is 4.79 Å². The van der Waals surface area contributed by atoms with E-state index >= 15 is 0 Å². The number of hydrogen-bond donors (Lipinski definition) is 4. The van der Waals surface area contributed by atoms with Crippen molar-refractivity contribution in [2.24, 2.45) is 0 Å². The fourth-order valence-electron chi connectivity index (χ4n) is 2.54. The second-order valence-electron chi connectivity index (χ2n) is 5.74. The Bertz CT molecular complexity index is 1100. The summed E-state index contributed by atoms with van der Waals surface area (Å²) in [6.07, 6.45) is 0.731. The molecular weight excluding hydrogens is 356 g/mol. The van der Waals surface area contributed by atoms with Crippen LogP contribution < -0.4 is 15.7 Å². The third-order valence-corrected chi connectivity index (χ3v) is 5.37. The number of rotatable bonds is 6. The molecule has 0 aliphatic carbocycles. The molecule has 1 aromatic heterocycles. The van der Waals surface area contributed by atoms with Gasteiger partial charge in [-0.25, -0.2) is 17.9 Å². The number of aromatic amines is 2. The van der Waals surface area contributed by atoms with Gasteiger partial charge in [0, 0.05) is 12.1 Å². The maximum atomic E-state index is 12.1. The van der Waals surface area contributed by atoms with Gasteiger partial charge in [0.25, 0.3) is 0 Å². The van der Waals surface area contributed by atoms with Crippen LogP contribution in [0.5, 0.6) is 0 Å². The van der Waals surface area contributed by atoms with Gasteiger partial charge < -0.3 is 15.3 Å². The topological polar surface area (TPSA) is 124 Å². The number of nitrogens with one attached hydrogen (secondary N) is 4. The highest BCUT2D eigenvalue weighted by atomic mass is 32.2. The average Bonchev–Trinajstić information content (AvgIpc) is 2.99. The molecule has 26 heavy (non-hydrogen) atoms. The minimum Gasteiger partial charge on any atom is -0.326 e. The molecule has 3 aromatic rings. The summed E-state index contributed by atoms with van der Waals surface area (Å²) in [5.74, 6) is -0.172. The molecular formula is C17H18N4O4S. The van der Waals surface area contributed by atoms with E-state index in [4.69, 9.17) is 0 Å². The normalized spacial score (nSPS) is 11.6. The van der Waals surface area contributed by atoms with Crippen LogP contribution in [0.1, 0.15) is 12.0 Å². The molecule has 2 aromatic carbocycles. The summed E-state index contributed by atoms with van der Waals surface area (Å²) in [6, 6.07) is 11.5. The number of carbonyl (C=O) groups is 1. The van der Waals surface area contributed by atoms with Crippen LogP contribution in [0.3, 0.4) is 0 Å². The lowest BCUT2D eigenvalue weighted by molar-refractivity contribution is -0.116. The highest BCUT2D eigenvalue weighted by molar-refractivity contribution is 7.89. The largest absolute Gasteiger partial charge is 0.326 e. The summed E-state index contributed by atoms with van der Waals surface area (Å²) in [5, 5.41) is 2.78. The van der Waals surface area contributed by atoms with E-state index < -0.39 is 10.0 Å². The first-order valence-electron chi connectivity index (χ1n) is 7.92. The van der Waals surface area contributed by atoms with Gasteiger partial charge in [-0.2, -0.15) is 0 Å². The summed E-state index contributed by atoms with van der Waals surface area (Å²) >= 11 is 0. The number of fused-ring (bicyclic) bond motifs is 1. The first-order valence-corrected chi connectivity index (χ1v) is 9.40. The van der Waals surface area contributed by atoms with Crippen molar-refractivity contribution in [2.75, 3.05) is 12.4 Å². The molecule has 3 rings (SSSR count). The minimum atomic E-state index is -3.46. The predicted molar refractivity (Wildman–Crippen MR) is 98.6 cm³/mol. The van der Waals surface area contributed by atoms with E-state index in [0.29, 0.717) is 23.1 Å². The Labute approximate surface area is 149 Å². The molecule has 1 heterocycles. The standard InChI is InChI=1S/C17H18N4O4S/c1-18-26(24,25)13-6-2-11(3-7-13)4-9-16(22)19-12-5-8-14-15(10-12)21-17(23)20-14/h2-3,5-8,10,18H,4,9H2,1H3,(H,19,22)(H2,20,21,23). The van der Waals surface area contributed by atoms with Gasteiger partial charge in [0.2, 0.25) is 15.9 Å². The Morgan fingerprint density at radius 2 is 1.73 bits per heavy atom. The van der Waals surface area contributed by atoms with Crippen molar-refractivity contribution in [1.29, 1.82) is 0 Å². The molecule has 0 bridgehead atoms. The van der Waals surface area contributed by atoms with E-state index in [1.54, 1.807) is 30.3 Å². The van der Waals surface area contributed by atoms with Crippen molar-refractivity contribution < 1.29 is 13.2 Å². The summed E-state index contributed by atoms with van der Waals surface area (Å²) in [5.41, 5.74) is 2.44. The molecule has 0 aliphatic heterocycles. The van der Waals surface area contributed by atoms with Crippen LogP contribution in [0.2, 0.25) is 0 Å². The molecule has 0 saturated carbocycles. The van der Waals surface area contributed by atoms with Crippen LogP contribution in [-0.2, 0) is 21.2 Å². The number of carbonyl (C=O) groups excluding carboxylic acids is 1. The van der Waals surface area contributed by atoms with Crippen LogP contribution in [0.15, 0.2) is 52.2 Å². The lowest BCUT2D eigenvalue weighted by Crippen LogP contribution is -2.18. The third kappa shape index (κ3) is 4.01. The van der Waals surface area contributed by atoms with E-state index in [2.05, 4.69) is 20.0 Å². The number of hydrogen-bond acceptors (Lipinski definition) is 4. The van der Waals surface area contributed by atoms with Gasteiger partial charge in [0.15, 0.2) is 0 Å². The van der Waals surface area contributed by atoms with Crippen molar-refractivity contribution in [1.82, 2.24) is 14.7 Å². The zero-order chi connectivity index (χ0) is 18.7. The minimum absolute atomic E-state index is 0.172. The molecule has 9 heteroatoms. The van der Waals surface area contributed by atoms with Crippen LogP contribution in [-0.4, -0.2) is 31.3 Å². The maximum Gasteiger partial charge on any atom is 0.323 e. The zero-order valence-electron chi connectivity index (χ0n) is 14.0. The van der Waals surface area contributed by atoms with Crippen molar-refractivity contribution in [3.05, 3.63) is 58.5 Å². The van der Waals surface area contributed by atoms with Crippen LogP contribution in [0.4, 0.5) is 5.69 Å². The molecule has 1 amide bonds. The first kappa shape index (κ1) is 17.9. The Kier molecular flexibility index (Phi) is 4.92. The van der Waals surface area contributed by atoms with Gasteiger partial charge in [0.1, 0.15) is 0 Å². The van der Waals surface area contributed by atoms with Crippen LogP contribution in [0, 0.1) is 0 Å². The van der Waals surface area contributed by atoms with Gasteiger partial charge >= 0.3 is 5.69 Å². The monoisotopic (exact) mass is 374 g/mol. The van der Waals surface area contributed by atoms with Crippen molar-refractivity contribution in [2.45, 2.75) is 17.7 Å². The molecule has 0 aliphatic rings. The number of aromatic nitrogens is 2. The molecule has 8 nitrogen and oxygen atoms in total. The third-order valence-electron chi connectivity index (χ3n) is 3.94. The number of anilines is 1. The Hall–Kier alpha value is -2.91. The molecule has 0 spiro atoms. The lowest BCUT2D eigenvalue weighted by atomic mass is 10.1. The second kappa shape index (κ2) is 7.14. The fraction of sp³-hybridized carbons (Fsp3) is 0.176. The quantitative estimate of drug-likeness (QED) is 0.520. The molecule has 0 atom stereocenters. The molecule has 0 saturated heterocycles. The maximum absolute atomic E-state index is 12.1. The zero-order valence-corrected chi connectivity index (χ0v) is 14.8. The molecule has 136 valence electrons. The Balaban J connectivity index is 1.60. The Morgan fingerprint density at radius 1 is 1.04 bits per heavy atom. The molecule has 0 unspecified atom stereocenters. The highest BCUT2D eigenvalue weighted by Crippen LogP contribution is 2.16. The van der Waals surface area contributed by atoms with Gasteiger partial charge in [-0.1, -0.05) is 12.1 Å². The highest BCUT2D eigenvalue weighted by Gasteiger charge is 2.11. The summed E-state index contributed by atoms with van der Waals surface area (Å²) in [4.78, 5) is 28.8. The number of benzene rings is 2. The molecule has 0 fully saturated rings. The van der Waals surface area contributed by atoms with Crippen molar-refractivity contribution >= 4 is 32.7 Å². The van der Waals surface area contributed by atoms with Gasteiger partial charge in [0.05, 0.1) is 15.9 Å². The number of sulfonamides is 1. The van der Waals surface area contributed by atoms with E-state index in [9.17, 15) is 18.0 Å². The first-order chi connectivity index (χ1) is 12.4. The smallest absolute Gasteiger partial charge is 0.323 e.